The molecule has 1 aromatic rings. The molecule has 1 aromatic heterocycles. The van der Waals surface area contributed by atoms with Gasteiger partial charge in [0.05, 0.1) is 13.2 Å². The van der Waals surface area contributed by atoms with E-state index in [0.717, 1.165) is 0 Å². The van der Waals surface area contributed by atoms with Gasteiger partial charge in [-0.2, -0.15) is 0 Å². The number of aromatic nitrogens is 1. The summed E-state index contributed by atoms with van der Waals surface area (Å²) in [5.41, 5.74) is 0.0471. The summed E-state index contributed by atoms with van der Waals surface area (Å²) in [5, 5.41) is 14.2. The summed E-state index contributed by atoms with van der Waals surface area (Å²) in [5.74, 6) is -2.42. The van der Waals surface area contributed by atoms with Gasteiger partial charge < -0.3 is 30.5 Å². The van der Waals surface area contributed by atoms with E-state index in [1.54, 1.807) is 27.7 Å². The molecule has 0 bridgehead atoms. The highest BCUT2D eigenvalue weighted by Crippen LogP contribution is 2.17. The molecule has 1 aliphatic heterocycles. The number of hydrogen-bond donors (Lipinski definition) is 4. The van der Waals surface area contributed by atoms with Gasteiger partial charge in [0, 0.05) is 30.6 Å². The molecule has 4 N–H and O–H groups in total. The molecular formula is C23H33N5O7. The predicted molar refractivity (Wildman–Crippen MR) is 124 cm³/mol. The second kappa shape index (κ2) is 13.3. The molecule has 0 radical (unpaired) electrons. The van der Waals surface area contributed by atoms with Crippen LogP contribution in [-0.2, 0) is 23.9 Å². The maximum absolute atomic E-state index is 12.7. The van der Waals surface area contributed by atoms with Gasteiger partial charge in [-0.05, 0) is 32.6 Å². The number of nitrogens with zero attached hydrogens (tertiary/aromatic N) is 1. The third-order valence-corrected chi connectivity index (χ3v) is 5.32. The summed E-state index contributed by atoms with van der Waals surface area (Å²) in [4.78, 5) is 61.2. The van der Waals surface area contributed by atoms with Crippen molar-refractivity contribution in [2.75, 3.05) is 19.7 Å². The molecule has 2 heterocycles. The minimum Gasteiger partial charge on any atom is -0.463 e. The van der Waals surface area contributed by atoms with E-state index in [1.165, 1.54) is 18.2 Å². The molecule has 1 saturated heterocycles. The van der Waals surface area contributed by atoms with Crippen LogP contribution in [0.25, 0.3) is 0 Å². The van der Waals surface area contributed by atoms with Gasteiger partial charge in [0.2, 0.25) is 17.7 Å². The van der Waals surface area contributed by atoms with Crippen LogP contribution in [0.4, 0.5) is 0 Å². The van der Waals surface area contributed by atoms with E-state index in [4.69, 9.17) is 9.26 Å². The fourth-order valence-corrected chi connectivity index (χ4v) is 3.51. The number of aryl methyl sites for hydroxylation is 1. The Hall–Kier alpha value is -3.70. The quantitative estimate of drug-likeness (QED) is 0.234. The summed E-state index contributed by atoms with van der Waals surface area (Å²) in [6, 6.07) is -0.0743. The van der Waals surface area contributed by atoms with E-state index < -0.39 is 35.8 Å². The average molecular weight is 492 g/mol. The molecular weight excluding hydrogens is 458 g/mol. The third kappa shape index (κ3) is 8.87. The van der Waals surface area contributed by atoms with Crippen molar-refractivity contribution in [3.8, 4) is 0 Å². The molecule has 12 heteroatoms. The van der Waals surface area contributed by atoms with Crippen LogP contribution in [0.2, 0.25) is 0 Å². The first kappa shape index (κ1) is 27.5. The fraction of sp³-hybridized carbons (Fsp3) is 0.565. The van der Waals surface area contributed by atoms with Crippen LogP contribution >= 0.6 is 0 Å². The minimum atomic E-state index is -0.908. The van der Waals surface area contributed by atoms with Gasteiger partial charge in [-0.15, -0.1) is 0 Å². The predicted octanol–water partition coefficient (Wildman–Crippen LogP) is -0.0161. The zero-order chi connectivity index (χ0) is 26.0. The van der Waals surface area contributed by atoms with E-state index in [-0.39, 0.29) is 36.6 Å². The molecule has 192 valence electrons. The summed E-state index contributed by atoms with van der Waals surface area (Å²) >= 11 is 0. The van der Waals surface area contributed by atoms with Crippen molar-refractivity contribution in [2.24, 2.45) is 11.8 Å². The van der Waals surface area contributed by atoms with Gasteiger partial charge in [0.1, 0.15) is 11.8 Å². The number of rotatable bonds is 12. The number of carbonyl (C=O) groups is 5. The van der Waals surface area contributed by atoms with Crippen molar-refractivity contribution in [1.82, 2.24) is 26.4 Å². The molecule has 35 heavy (non-hydrogen) atoms. The zero-order valence-electron chi connectivity index (χ0n) is 20.4. The summed E-state index contributed by atoms with van der Waals surface area (Å²) in [7, 11) is 0. The topological polar surface area (TPSA) is 169 Å². The Labute approximate surface area is 203 Å². The summed E-state index contributed by atoms with van der Waals surface area (Å²) in [6.07, 6.45) is 3.59. The molecule has 1 aliphatic rings. The van der Waals surface area contributed by atoms with Crippen molar-refractivity contribution in [1.29, 1.82) is 0 Å². The molecule has 3 unspecified atom stereocenters. The average Bonchev–Trinajstić information content (AvgIpc) is 3.42. The Morgan fingerprint density at radius 2 is 2.03 bits per heavy atom. The van der Waals surface area contributed by atoms with Crippen LogP contribution in [0.5, 0.6) is 0 Å². The number of ether oxygens (including phenoxy) is 1. The Kier molecular flexibility index (Phi) is 10.4. The third-order valence-electron chi connectivity index (χ3n) is 5.32. The van der Waals surface area contributed by atoms with E-state index in [2.05, 4.69) is 26.4 Å². The SMILES string of the molecule is CCOC(=O)/C=C/C(CC1CCNC1=O)NC(=O)CNC(=O)C(NC(=O)c1cc(C)on1)C(C)C. The highest BCUT2D eigenvalue weighted by atomic mass is 16.5. The largest absolute Gasteiger partial charge is 0.463 e. The number of nitrogens with one attached hydrogen (secondary N) is 4. The zero-order valence-corrected chi connectivity index (χ0v) is 20.4. The Bertz CT molecular complexity index is 956. The first-order valence-electron chi connectivity index (χ1n) is 11.5. The monoisotopic (exact) mass is 491 g/mol. The van der Waals surface area contributed by atoms with E-state index in [1.807, 2.05) is 0 Å². The number of amides is 4. The lowest BCUT2D eigenvalue weighted by atomic mass is 9.98. The summed E-state index contributed by atoms with van der Waals surface area (Å²) < 4.78 is 9.74. The molecule has 0 saturated carbocycles. The molecule has 2 rings (SSSR count). The Balaban J connectivity index is 1.95. The van der Waals surface area contributed by atoms with Crippen LogP contribution in [0.1, 0.15) is 49.9 Å². The lowest BCUT2D eigenvalue weighted by Gasteiger charge is -2.22. The molecule has 12 nitrogen and oxygen atoms in total. The van der Waals surface area contributed by atoms with Crippen LogP contribution in [0.3, 0.4) is 0 Å². The second-order valence-corrected chi connectivity index (χ2v) is 8.53. The highest BCUT2D eigenvalue weighted by Gasteiger charge is 2.28. The van der Waals surface area contributed by atoms with Gasteiger partial charge in [-0.3, -0.25) is 19.2 Å². The Morgan fingerprint density at radius 3 is 2.60 bits per heavy atom. The van der Waals surface area contributed by atoms with Crippen LogP contribution in [0, 0.1) is 18.8 Å². The molecule has 0 aromatic carbocycles. The smallest absolute Gasteiger partial charge is 0.330 e. The number of carbonyl (C=O) groups excluding carboxylic acids is 5. The lowest BCUT2D eigenvalue weighted by molar-refractivity contribution is -0.137. The van der Waals surface area contributed by atoms with Crippen molar-refractivity contribution in [2.45, 2.75) is 52.6 Å². The second-order valence-electron chi connectivity index (χ2n) is 8.53. The first-order valence-corrected chi connectivity index (χ1v) is 11.5. The van der Waals surface area contributed by atoms with Gasteiger partial charge >= 0.3 is 5.97 Å². The van der Waals surface area contributed by atoms with E-state index in [9.17, 15) is 24.0 Å². The van der Waals surface area contributed by atoms with E-state index in [0.29, 0.717) is 25.1 Å². The van der Waals surface area contributed by atoms with Crippen LogP contribution in [0.15, 0.2) is 22.7 Å². The number of esters is 1. The van der Waals surface area contributed by atoms with Crippen LogP contribution < -0.4 is 21.3 Å². The van der Waals surface area contributed by atoms with E-state index >= 15 is 0 Å². The Morgan fingerprint density at radius 1 is 1.29 bits per heavy atom. The minimum absolute atomic E-state index is 0.0471. The normalized spacial score (nSPS) is 17.1. The van der Waals surface area contributed by atoms with Gasteiger partial charge in [-0.25, -0.2) is 4.79 Å². The standard InChI is InChI=1S/C23H33N5O7/c1-5-34-19(30)7-6-16(11-15-8-9-24-21(15)31)26-18(29)12-25-23(33)20(13(2)3)27-22(32)17-10-14(4)35-28-17/h6-7,10,13,15-16,20H,5,8-9,11-12H2,1-4H3,(H,24,31)(H,25,33)(H,26,29)(H,27,32)/b7-6+. The summed E-state index contributed by atoms with van der Waals surface area (Å²) in [6.45, 7) is 7.23. The first-order chi connectivity index (χ1) is 16.6. The maximum Gasteiger partial charge on any atom is 0.330 e. The molecule has 1 fully saturated rings. The molecule has 4 amide bonds. The van der Waals surface area contributed by atoms with Crippen molar-refractivity contribution >= 4 is 29.6 Å². The molecule has 0 spiro atoms. The highest BCUT2D eigenvalue weighted by molar-refractivity contribution is 5.96. The van der Waals surface area contributed by atoms with Crippen molar-refractivity contribution in [3.63, 3.8) is 0 Å². The molecule has 0 aliphatic carbocycles. The fourth-order valence-electron chi connectivity index (χ4n) is 3.51. The maximum atomic E-state index is 12.7. The number of hydrogen-bond acceptors (Lipinski definition) is 8. The van der Waals surface area contributed by atoms with Gasteiger partial charge in [0.25, 0.3) is 5.91 Å². The van der Waals surface area contributed by atoms with Crippen LogP contribution in [-0.4, -0.2) is 66.5 Å². The van der Waals surface area contributed by atoms with Crippen molar-refractivity contribution in [3.05, 3.63) is 29.7 Å². The molecule has 3 atom stereocenters. The van der Waals surface area contributed by atoms with Gasteiger partial charge in [-0.1, -0.05) is 25.1 Å². The van der Waals surface area contributed by atoms with Crippen molar-refractivity contribution < 1.29 is 33.2 Å². The van der Waals surface area contributed by atoms with Gasteiger partial charge in [0.15, 0.2) is 5.69 Å². The lowest BCUT2D eigenvalue weighted by Crippen LogP contribution is -2.52.